The first-order valence-corrected chi connectivity index (χ1v) is 33.6. The predicted molar refractivity (Wildman–Crippen MR) is 337 cm³/mol. The minimum atomic E-state index is -4.44. The molecule has 2 aromatic carbocycles. The molecule has 0 saturated heterocycles. The molecule has 2 N–H and O–H groups in total. The smallest absolute Gasteiger partial charge is 0.338 e. The average molecular weight is 1300 g/mol. The van der Waals surface area contributed by atoms with Crippen LogP contribution in [0.5, 0.6) is 11.5 Å². The van der Waals surface area contributed by atoms with E-state index in [4.69, 9.17) is 47.6 Å². The molecule has 2 fully saturated rings. The number of nitrogens with zero attached hydrogens (tertiary/aromatic N) is 8. The number of hydrogen-bond donors (Lipinski definition) is 2. The summed E-state index contributed by atoms with van der Waals surface area (Å²) in [5.41, 5.74) is 6.07. The second-order valence-corrected chi connectivity index (χ2v) is 28.0. The summed E-state index contributed by atoms with van der Waals surface area (Å²) < 4.78 is 77.8. The second-order valence-electron chi connectivity index (χ2n) is 23.5. The predicted octanol–water partition coefficient (Wildman–Crippen LogP) is 10.7. The van der Waals surface area contributed by atoms with Crippen molar-refractivity contribution in [1.82, 2.24) is 43.6 Å². The quantitative estimate of drug-likeness (QED) is 0.0725. The lowest BCUT2D eigenvalue weighted by molar-refractivity contribution is -0.0666. The molecule has 25 heteroatoms. The summed E-state index contributed by atoms with van der Waals surface area (Å²) in [6.07, 6.45) is 5.90. The number of benzene rings is 2. The molecule has 18 nitrogen and oxygen atoms in total. The molecule has 2 saturated carbocycles. The fourth-order valence-electron chi connectivity index (χ4n) is 13.0. The number of nitrogens with one attached hydrogen (secondary N) is 1. The highest BCUT2D eigenvalue weighted by Gasteiger charge is 2.48. The Morgan fingerprint density at radius 1 is 0.716 bits per heavy atom. The lowest BCUT2D eigenvalue weighted by atomic mass is 9.90. The van der Waals surface area contributed by atoms with Gasteiger partial charge in [0, 0.05) is 96.5 Å². The minimum Gasteiger partial charge on any atom is -0.491 e. The molecule has 0 bridgehead atoms. The SMILES string of the molecule is Cc1cc(-c2cc(Cl)ccc2OCCn2c(CCS(=O)(=O)NC(=O)c3csc4c(-c5cc(Cl)ccc5OCCn5c(C)nc6c(c5=O)C[C@@H](N(C)C5CC5)CC6)cc(C)nc34)nc3c(c2=O)C[C@H](N(C)C2CCCC2(F)F)CC3)c2scc(C(=O)O)c2n1. The monoisotopic (exact) mass is 1300 g/mol. The van der Waals surface area contributed by atoms with Crippen LogP contribution in [0, 0.1) is 20.8 Å². The van der Waals surface area contributed by atoms with Crippen LogP contribution >= 0.6 is 45.9 Å². The van der Waals surface area contributed by atoms with Crippen LogP contribution in [-0.2, 0) is 55.2 Å². The number of aryl methyl sites for hydroxylation is 6. The molecule has 4 aliphatic rings. The van der Waals surface area contributed by atoms with Crippen LogP contribution in [0.25, 0.3) is 42.7 Å². The molecule has 0 spiro atoms. The molecule has 6 aromatic heterocycles. The zero-order chi connectivity index (χ0) is 62.1. The van der Waals surface area contributed by atoms with E-state index in [-0.39, 0.29) is 79.6 Å². The molecule has 0 radical (unpaired) electrons. The van der Waals surface area contributed by atoms with Gasteiger partial charge in [-0.05, 0) is 148 Å². The van der Waals surface area contributed by atoms with Gasteiger partial charge in [-0.15, -0.1) is 22.7 Å². The van der Waals surface area contributed by atoms with Gasteiger partial charge in [0.15, 0.2) is 0 Å². The first-order chi connectivity index (χ1) is 42.0. The normalized spacial score (nSPS) is 18.3. The van der Waals surface area contributed by atoms with E-state index in [9.17, 15) is 32.7 Å². The van der Waals surface area contributed by atoms with Crippen LogP contribution in [0.15, 0.2) is 68.9 Å². The topological polar surface area (TPSA) is 221 Å². The Kier molecular flexibility index (Phi) is 17.2. The summed E-state index contributed by atoms with van der Waals surface area (Å²) in [5.74, 6) is -3.99. The van der Waals surface area contributed by atoms with Gasteiger partial charge in [-0.1, -0.05) is 23.2 Å². The van der Waals surface area contributed by atoms with E-state index in [0.717, 1.165) is 24.1 Å². The van der Waals surface area contributed by atoms with Crippen molar-refractivity contribution in [2.75, 3.05) is 33.1 Å². The summed E-state index contributed by atoms with van der Waals surface area (Å²) in [6, 6.07) is 13.4. The van der Waals surface area contributed by atoms with Gasteiger partial charge in [0.05, 0.1) is 67.8 Å². The lowest BCUT2D eigenvalue weighted by Crippen LogP contribution is -2.50. The van der Waals surface area contributed by atoms with Crippen molar-refractivity contribution >= 4 is 88.2 Å². The van der Waals surface area contributed by atoms with E-state index in [0.29, 0.717) is 131 Å². The molecule has 6 heterocycles. The van der Waals surface area contributed by atoms with Gasteiger partial charge in [-0.3, -0.25) is 38.4 Å². The Morgan fingerprint density at radius 3 is 1.81 bits per heavy atom. The van der Waals surface area contributed by atoms with Crippen LogP contribution in [0.1, 0.15) is 111 Å². The average Bonchev–Trinajstić information content (AvgIpc) is 1.81. The Hall–Kier alpha value is -6.73. The van der Waals surface area contributed by atoms with Gasteiger partial charge in [-0.2, -0.15) is 0 Å². The maximum Gasteiger partial charge on any atom is 0.338 e. The number of carboxylic acids is 1. The van der Waals surface area contributed by atoms with E-state index in [2.05, 4.69) is 21.7 Å². The first kappa shape index (κ1) is 61.5. The van der Waals surface area contributed by atoms with Crippen LogP contribution in [0.4, 0.5) is 8.78 Å². The van der Waals surface area contributed by atoms with Crippen molar-refractivity contribution in [3.63, 3.8) is 0 Å². The van der Waals surface area contributed by atoms with Crippen molar-refractivity contribution in [2.45, 2.75) is 141 Å². The molecule has 0 aliphatic heterocycles. The molecule has 1 amide bonds. The number of fused-ring (bicyclic) bond motifs is 4. The molecule has 12 rings (SSSR count). The van der Waals surface area contributed by atoms with E-state index in [1.807, 2.05) is 13.0 Å². The summed E-state index contributed by atoms with van der Waals surface area (Å²) in [4.78, 5) is 78.3. The van der Waals surface area contributed by atoms with Gasteiger partial charge in [0.2, 0.25) is 10.0 Å². The summed E-state index contributed by atoms with van der Waals surface area (Å²) in [5, 5.41) is 13.8. The van der Waals surface area contributed by atoms with E-state index in [1.54, 1.807) is 78.2 Å². The van der Waals surface area contributed by atoms with Crippen molar-refractivity contribution in [3.05, 3.63) is 147 Å². The number of carbonyl (C=O) groups excluding carboxylic acids is 1. The third-order valence-corrected chi connectivity index (χ3v) is 21.5. The highest BCUT2D eigenvalue weighted by Crippen LogP contribution is 2.44. The van der Waals surface area contributed by atoms with Crippen LogP contribution < -0.4 is 25.3 Å². The highest BCUT2D eigenvalue weighted by atomic mass is 35.5. The fraction of sp³-hybridized carbons (Fsp3) is 0.429. The van der Waals surface area contributed by atoms with Gasteiger partial charge in [0.1, 0.15) is 36.4 Å². The highest BCUT2D eigenvalue weighted by molar-refractivity contribution is 7.90. The zero-order valence-electron chi connectivity index (χ0n) is 49.1. The summed E-state index contributed by atoms with van der Waals surface area (Å²) in [7, 11) is -0.609. The standard InChI is InChI=1S/C63H65Cl2F2N9O9S3/c1-33-25-43(41-27-36(64)8-16-51(41)84-22-20-75-35(3)70-49-14-12-39(29-45(49)60(75)78)73(4)38-10-11-38)57-55(68-33)47(31-86-57)59(77)72-88(82,83)24-18-54-71-50-15-13-40(74(5)53-7-6-19-63(53,66)67)30-46(50)61(79)76(54)21-23-85-52-17-9-37(65)28-42(52)44-26-34(2)69-56-48(62(80)81)32-87-58(44)56/h8-9,16-17,25-28,31-32,38-40,53H,6-7,10-15,18-24,29-30H2,1-5H3,(H,72,77)(H,80,81)/t39-,40+,53?/m0/s1. The number of sulfonamides is 1. The Labute approximate surface area is 524 Å². The van der Waals surface area contributed by atoms with Crippen molar-refractivity contribution in [2.24, 2.45) is 0 Å². The lowest BCUT2D eigenvalue weighted by Gasteiger charge is -2.38. The third kappa shape index (κ3) is 12.4. The molecule has 462 valence electrons. The van der Waals surface area contributed by atoms with Crippen LogP contribution in [-0.4, -0.2) is 127 Å². The van der Waals surface area contributed by atoms with E-state index >= 15 is 8.78 Å². The van der Waals surface area contributed by atoms with Crippen LogP contribution in [0.3, 0.4) is 0 Å². The maximum atomic E-state index is 15.1. The number of aromatic nitrogens is 6. The van der Waals surface area contributed by atoms with Gasteiger partial charge in [0.25, 0.3) is 22.9 Å². The number of alkyl halides is 2. The Balaban J connectivity index is 0.780. The molecular weight excluding hydrogens is 1230 g/mol. The van der Waals surface area contributed by atoms with E-state index in [1.165, 1.54) is 45.5 Å². The molecular formula is C63H65Cl2F2N9O9S3. The second kappa shape index (κ2) is 24.6. The third-order valence-electron chi connectivity index (χ3n) is 17.7. The maximum absolute atomic E-state index is 15.1. The van der Waals surface area contributed by atoms with Crippen molar-refractivity contribution in [1.29, 1.82) is 0 Å². The number of hydrogen-bond acceptors (Lipinski definition) is 16. The number of halogens is 4. The molecule has 4 aliphatic carbocycles. The van der Waals surface area contributed by atoms with Crippen molar-refractivity contribution in [3.8, 4) is 33.8 Å². The number of thiophene rings is 2. The van der Waals surface area contributed by atoms with Crippen molar-refractivity contribution < 1.29 is 41.4 Å². The van der Waals surface area contributed by atoms with Gasteiger partial charge in [-0.25, -0.2) is 36.7 Å². The number of carboxylic acid groups (broad SMARTS) is 1. The molecule has 88 heavy (non-hydrogen) atoms. The van der Waals surface area contributed by atoms with Crippen LogP contribution in [0.2, 0.25) is 10.0 Å². The number of rotatable bonds is 20. The number of ether oxygens (including phenoxy) is 2. The summed E-state index contributed by atoms with van der Waals surface area (Å²) >= 11 is 15.6. The Bertz CT molecular complexity index is 4360. The molecule has 3 atom stereocenters. The number of carbonyl (C=O) groups is 2. The van der Waals surface area contributed by atoms with Gasteiger partial charge < -0.3 is 19.5 Å². The number of amides is 1. The zero-order valence-corrected chi connectivity index (χ0v) is 53.1. The first-order valence-electron chi connectivity index (χ1n) is 29.5. The Morgan fingerprint density at radius 2 is 1.25 bits per heavy atom. The minimum absolute atomic E-state index is 0.0137. The number of aromatic carboxylic acids is 1. The molecule has 8 aromatic rings. The van der Waals surface area contributed by atoms with Gasteiger partial charge >= 0.3 is 5.97 Å². The fourth-order valence-corrected chi connectivity index (χ4v) is 16.3. The summed E-state index contributed by atoms with van der Waals surface area (Å²) in [6.45, 7) is 5.48. The largest absolute Gasteiger partial charge is 0.491 e. The number of likely N-dealkylation sites (N-methyl/N-ethyl adjacent to an activating group) is 2. The van der Waals surface area contributed by atoms with E-state index < -0.39 is 45.2 Å². The number of pyridine rings is 2. The molecule has 1 unspecified atom stereocenters.